The SMILES string of the molecule is COc1cc2ncn(CCCC(=O)N3CCNCC3C)c(=O)c2cc1OC. The quantitative estimate of drug-likeness (QED) is 0.812. The molecule has 1 aromatic carbocycles. The van der Waals surface area contributed by atoms with E-state index < -0.39 is 0 Å². The Hall–Kier alpha value is -2.61. The van der Waals surface area contributed by atoms with E-state index in [0.29, 0.717) is 41.8 Å². The van der Waals surface area contributed by atoms with Crippen molar-refractivity contribution < 1.29 is 14.3 Å². The second-order valence-corrected chi connectivity index (χ2v) is 6.71. The van der Waals surface area contributed by atoms with Crippen LogP contribution in [0, 0.1) is 0 Å². The first-order valence-electron chi connectivity index (χ1n) is 9.16. The number of nitrogens with zero attached hydrogens (tertiary/aromatic N) is 3. The number of ether oxygens (including phenoxy) is 2. The van der Waals surface area contributed by atoms with Gasteiger partial charge in [0, 0.05) is 44.7 Å². The zero-order chi connectivity index (χ0) is 19.4. The normalized spacial score (nSPS) is 17.1. The number of nitrogens with one attached hydrogen (secondary N) is 1. The molecule has 1 N–H and O–H groups in total. The van der Waals surface area contributed by atoms with Crippen LogP contribution in [0.4, 0.5) is 0 Å². The average molecular weight is 374 g/mol. The van der Waals surface area contributed by atoms with Gasteiger partial charge in [0.1, 0.15) is 0 Å². The van der Waals surface area contributed by atoms with E-state index in [1.807, 2.05) is 11.8 Å². The Bertz CT molecular complexity index is 880. The summed E-state index contributed by atoms with van der Waals surface area (Å²) in [7, 11) is 3.07. The van der Waals surface area contributed by atoms with Crippen molar-refractivity contribution in [3.8, 4) is 11.5 Å². The van der Waals surface area contributed by atoms with Gasteiger partial charge in [0.25, 0.3) is 5.56 Å². The van der Waals surface area contributed by atoms with Gasteiger partial charge < -0.3 is 19.7 Å². The first-order chi connectivity index (χ1) is 13.0. The summed E-state index contributed by atoms with van der Waals surface area (Å²) >= 11 is 0. The van der Waals surface area contributed by atoms with Gasteiger partial charge in [0.2, 0.25) is 5.91 Å². The third-order valence-corrected chi connectivity index (χ3v) is 4.94. The molecule has 0 aliphatic carbocycles. The monoisotopic (exact) mass is 374 g/mol. The molecule has 1 aromatic heterocycles. The fourth-order valence-corrected chi connectivity index (χ4v) is 3.40. The number of amides is 1. The number of hydrogen-bond donors (Lipinski definition) is 1. The maximum Gasteiger partial charge on any atom is 0.261 e. The van der Waals surface area contributed by atoms with E-state index in [2.05, 4.69) is 10.3 Å². The van der Waals surface area contributed by atoms with Gasteiger partial charge in [-0.1, -0.05) is 0 Å². The Kier molecular flexibility index (Phi) is 5.95. The average Bonchev–Trinajstić information content (AvgIpc) is 2.69. The Morgan fingerprint density at radius 3 is 2.74 bits per heavy atom. The molecule has 1 aliphatic rings. The van der Waals surface area contributed by atoms with E-state index in [4.69, 9.17) is 9.47 Å². The number of methoxy groups -OCH3 is 2. The highest BCUT2D eigenvalue weighted by molar-refractivity contribution is 5.81. The summed E-state index contributed by atoms with van der Waals surface area (Å²) in [5, 5.41) is 3.75. The molecule has 0 spiro atoms. The Morgan fingerprint density at radius 2 is 2.04 bits per heavy atom. The van der Waals surface area contributed by atoms with Crippen LogP contribution in [0.25, 0.3) is 10.9 Å². The Balaban J connectivity index is 1.71. The molecule has 146 valence electrons. The molecule has 1 amide bonds. The van der Waals surface area contributed by atoms with Crippen molar-refractivity contribution in [2.75, 3.05) is 33.9 Å². The van der Waals surface area contributed by atoms with Crippen LogP contribution in [0.15, 0.2) is 23.3 Å². The van der Waals surface area contributed by atoms with Crippen molar-refractivity contribution in [3.05, 3.63) is 28.8 Å². The highest BCUT2D eigenvalue weighted by Gasteiger charge is 2.22. The third-order valence-electron chi connectivity index (χ3n) is 4.94. The lowest BCUT2D eigenvalue weighted by atomic mass is 10.2. The van der Waals surface area contributed by atoms with Crippen molar-refractivity contribution in [1.29, 1.82) is 0 Å². The number of benzene rings is 1. The van der Waals surface area contributed by atoms with Crippen molar-refractivity contribution >= 4 is 16.8 Å². The summed E-state index contributed by atoms with van der Waals surface area (Å²) in [6, 6.07) is 3.54. The Labute approximate surface area is 158 Å². The van der Waals surface area contributed by atoms with E-state index in [9.17, 15) is 9.59 Å². The molecule has 1 fully saturated rings. The summed E-state index contributed by atoms with van der Waals surface area (Å²) < 4.78 is 12.1. The van der Waals surface area contributed by atoms with Crippen LogP contribution in [0.5, 0.6) is 11.5 Å². The highest BCUT2D eigenvalue weighted by Crippen LogP contribution is 2.29. The van der Waals surface area contributed by atoms with E-state index in [1.165, 1.54) is 13.4 Å². The van der Waals surface area contributed by atoms with Crippen LogP contribution in [-0.4, -0.2) is 60.3 Å². The van der Waals surface area contributed by atoms with Gasteiger partial charge >= 0.3 is 0 Å². The molecule has 8 nitrogen and oxygen atoms in total. The minimum atomic E-state index is -0.149. The Morgan fingerprint density at radius 1 is 1.30 bits per heavy atom. The van der Waals surface area contributed by atoms with Crippen molar-refractivity contribution in [3.63, 3.8) is 0 Å². The number of carbonyl (C=O) groups is 1. The van der Waals surface area contributed by atoms with Gasteiger partial charge in [-0.05, 0) is 19.4 Å². The maximum absolute atomic E-state index is 12.7. The summed E-state index contributed by atoms with van der Waals surface area (Å²) in [6.07, 6.45) is 2.53. The molecule has 1 atom stereocenters. The number of fused-ring (bicyclic) bond motifs is 1. The predicted octanol–water partition coefficient (Wildman–Crippen LogP) is 1.01. The minimum Gasteiger partial charge on any atom is -0.493 e. The lowest BCUT2D eigenvalue weighted by molar-refractivity contribution is -0.134. The first kappa shape index (κ1) is 19.2. The van der Waals surface area contributed by atoms with E-state index in [0.717, 1.165) is 19.6 Å². The summed E-state index contributed by atoms with van der Waals surface area (Å²) in [5.74, 6) is 1.16. The lowest BCUT2D eigenvalue weighted by Gasteiger charge is -2.34. The molecule has 1 unspecified atom stereocenters. The van der Waals surface area contributed by atoms with Crippen molar-refractivity contribution in [2.24, 2.45) is 0 Å². The van der Waals surface area contributed by atoms with Gasteiger partial charge in [0.05, 0.1) is 31.4 Å². The second kappa shape index (κ2) is 8.39. The number of carbonyl (C=O) groups excluding carboxylic acids is 1. The van der Waals surface area contributed by atoms with Crippen LogP contribution in [0.2, 0.25) is 0 Å². The van der Waals surface area contributed by atoms with Gasteiger partial charge in [-0.25, -0.2) is 4.98 Å². The molecule has 1 saturated heterocycles. The summed E-state index contributed by atoms with van der Waals surface area (Å²) in [4.78, 5) is 31.4. The zero-order valence-corrected chi connectivity index (χ0v) is 16.0. The van der Waals surface area contributed by atoms with Gasteiger partial charge in [-0.3, -0.25) is 14.2 Å². The lowest BCUT2D eigenvalue weighted by Crippen LogP contribution is -2.52. The fraction of sp³-hybridized carbons (Fsp3) is 0.526. The minimum absolute atomic E-state index is 0.136. The maximum atomic E-state index is 12.7. The second-order valence-electron chi connectivity index (χ2n) is 6.71. The summed E-state index contributed by atoms with van der Waals surface area (Å²) in [5.41, 5.74) is 0.406. The molecule has 27 heavy (non-hydrogen) atoms. The number of aryl methyl sites for hydroxylation is 1. The van der Waals surface area contributed by atoms with E-state index in [-0.39, 0.29) is 17.5 Å². The summed E-state index contributed by atoms with van der Waals surface area (Å²) in [6.45, 7) is 4.88. The van der Waals surface area contributed by atoms with Crippen LogP contribution >= 0.6 is 0 Å². The van der Waals surface area contributed by atoms with Crippen molar-refractivity contribution in [1.82, 2.24) is 19.8 Å². The molecule has 0 bridgehead atoms. The van der Waals surface area contributed by atoms with E-state index in [1.54, 1.807) is 23.8 Å². The van der Waals surface area contributed by atoms with Crippen molar-refractivity contribution in [2.45, 2.75) is 32.4 Å². The van der Waals surface area contributed by atoms with Crippen LogP contribution in [-0.2, 0) is 11.3 Å². The topological polar surface area (TPSA) is 85.7 Å². The molecular weight excluding hydrogens is 348 g/mol. The number of aromatic nitrogens is 2. The molecule has 0 radical (unpaired) electrons. The zero-order valence-electron chi connectivity index (χ0n) is 16.0. The molecule has 8 heteroatoms. The van der Waals surface area contributed by atoms with Crippen LogP contribution < -0.4 is 20.3 Å². The molecule has 1 aliphatic heterocycles. The molecule has 2 aromatic rings. The molecule has 2 heterocycles. The van der Waals surface area contributed by atoms with Gasteiger partial charge in [-0.2, -0.15) is 0 Å². The number of rotatable bonds is 6. The molecular formula is C19H26N4O4. The number of piperazine rings is 1. The van der Waals surface area contributed by atoms with E-state index >= 15 is 0 Å². The molecule has 0 saturated carbocycles. The van der Waals surface area contributed by atoms with Gasteiger partial charge in [0.15, 0.2) is 11.5 Å². The van der Waals surface area contributed by atoms with Crippen LogP contribution in [0.3, 0.4) is 0 Å². The molecule has 3 rings (SSSR count). The predicted molar refractivity (Wildman–Crippen MR) is 102 cm³/mol. The standard InChI is InChI=1S/C19H26N4O4/c1-13-11-20-6-8-23(13)18(24)5-4-7-22-12-21-15-10-17(27-3)16(26-2)9-14(15)19(22)25/h9-10,12-13,20H,4-8,11H2,1-3H3. The smallest absolute Gasteiger partial charge is 0.261 e. The highest BCUT2D eigenvalue weighted by atomic mass is 16.5. The third kappa shape index (κ3) is 4.05. The van der Waals surface area contributed by atoms with Crippen LogP contribution in [0.1, 0.15) is 19.8 Å². The van der Waals surface area contributed by atoms with Gasteiger partial charge in [-0.15, -0.1) is 0 Å². The largest absolute Gasteiger partial charge is 0.493 e. The first-order valence-corrected chi connectivity index (χ1v) is 9.16. The fourth-order valence-electron chi connectivity index (χ4n) is 3.40. The number of hydrogen-bond acceptors (Lipinski definition) is 6.